The van der Waals surface area contributed by atoms with Gasteiger partial charge >= 0.3 is 6.09 Å². The van der Waals surface area contributed by atoms with Gasteiger partial charge in [0, 0.05) is 18.9 Å². The highest BCUT2D eigenvalue weighted by Crippen LogP contribution is 2.20. The number of rotatable bonds is 9. The van der Waals surface area contributed by atoms with Crippen LogP contribution in [0.15, 0.2) is 72.8 Å². The Hall–Kier alpha value is -4.38. The first-order valence-corrected chi connectivity index (χ1v) is 11.9. The van der Waals surface area contributed by atoms with Crippen molar-refractivity contribution in [1.29, 1.82) is 5.26 Å². The molecule has 3 aromatic carbocycles. The second-order valence-electron chi connectivity index (χ2n) is 8.80. The van der Waals surface area contributed by atoms with Crippen LogP contribution in [-0.2, 0) is 27.4 Å². The fourth-order valence-electron chi connectivity index (χ4n) is 4.38. The minimum Gasteiger partial charge on any atom is -0.445 e. The van der Waals surface area contributed by atoms with E-state index in [9.17, 15) is 19.6 Å². The summed E-state index contributed by atoms with van der Waals surface area (Å²) in [5.41, 5.74) is 1.70. The van der Waals surface area contributed by atoms with E-state index in [1.807, 2.05) is 72.8 Å². The number of benzene rings is 3. The van der Waals surface area contributed by atoms with E-state index in [4.69, 9.17) is 4.74 Å². The number of ether oxygens (including phenoxy) is 1. The number of carbonyl (C=O) groups is 3. The predicted molar refractivity (Wildman–Crippen MR) is 134 cm³/mol. The lowest BCUT2D eigenvalue weighted by atomic mass is 9.97. The molecule has 3 amide bonds. The van der Waals surface area contributed by atoms with Gasteiger partial charge in [0.25, 0.3) is 0 Å². The fraction of sp³-hybridized carbons (Fsp3) is 0.286. The monoisotopic (exact) mass is 484 g/mol. The lowest BCUT2D eigenvalue weighted by Crippen LogP contribution is -2.51. The Bertz CT molecular complexity index is 1270. The molecule has 8 nitrogen and oxygen atoms in total. The summed E-state index contributed by atoms with van der Waals surface area (Å²) in [5, 5.41) is 19.7. The van der Waals surface area contributed by atoms with E-state index in [1.165, 1.54) is 0 Å². The summed E-state index contributed by atoms with van der Waals surface area (Å²) in [5.74, 6) is -0.945. The third-order valence-electron chi connectivity index (χ3n) is 6.28. The van der Waals surface area contributed by atoms with Gasteiger partial charge in [-0.3, -0.25) is 9.59 Å². The Kier molecular flexibility index (Phi) is 8.14. The van der Waals surface area contributed by atoms with Crippen molar-refractivity contribution in [3.8, 4) is 6.07 Å². The van der Waals surface area contributed by atoms with Crippen LogP contribution in [0.1, 0.15) is 24.0 Å². The molecule has 1 aliphatic heterocycles. The van der Waals surface area contributed by atoms with E-state index in [0.29, 0.717) is 13.0 Å². The summed E-state index contributed by atoms with van der Waals surface area (Å²) in [4.78, 5) is 37.9. The van der Waals surface area contributed by atoms with Crippen LogP contribution in [0.2, 0.25) is 0 Å². The number of nitrogens with one attached hydrogen (secondary N) is 3. The van der Waals surface area contributed by atoms with Crippen LogP contribution in [0.25, 0.3) is 10.8 Å². The third-order valence-corrected chi connectivity index (χ3v) is 6.28. The average Bonchev–Trinajstić information content (AvgIpc) is 3.31. The summed E-state index contributed by atoms with van der Waals surface area (Å²) >= 11 is 0. The first-order chi connectivity index (χ1) is 17.5. The molecule has 1 saturated heterocycles. The van der Waals surface area contributed by atoms with E-state index in [2.05, 4.69) is 22.0 Å². The Morgan fingerprint density at radius 3 is 2.53 bits per heavy atom. The van der Waals surface area contributed by atoms with Crippen molar-refractivity contribution in [2.45, 2.75) is 38.0 Å². The SMILES string of the molecule is N#C[C@H](C[C@@H]1CCNC1=O)NC(=O)[C@H](Cc1cccc2ccccc12)NC(=O)OCc1ccccc1. The average molecular weight is 485 g/mol. The Labute approximate surface area is 209 Å². The number of nitrogens with zero attached hydrogens (tertiary/aromatic N) is 1. The molecular weight excluding hydrogens is 456 g/mol. The van der Waals surface area contributed by atoms with E-state index in [0.717, 1.165) is 21.9 Å². The zero-order valence-electron chi connectivity index (χ0n) is 19.8. The largest absolute Gasteiger partial charge is 0.445 e. The summed E-state index contributed by atoms with van der Waals surface area (Å²) < 4.78 is 5.34. The molecule has 1 fully saturated rings. The molecule has 3 atom stereocenters. The summed E-state index contributed by atoms with van der Waals surface area (Å²) in [7, 11) is 0. The number of amides is 3. The molecule has 0 saturated carbocycles. The molecule has 0 aliphatic carbocycles. The van der Waals surface area contributed by atoms with E-state index >= 15 is 0 Å². The maximum absolute atomic E-state index is 13.3. The smallest absolute Gasteiger partial charge is 0.408 e. The van der Waals surface area contributed by atoms with Crippen molar-refractivity contribution in [3.05, 3.63) is 83.9 Å². The topological polar surface area (TPSA) is 120 Å². The van der Waals surface area contributed by atoms with E-state index in [1.54, 1.807) is 0 Å². The minimum atomic E-state index is -0.979. The Morgan fingerprint density at radius 2 is 1.78 bits per heavy atom. The standard InChI is InChI=1S/C28H28N4O4/c29-17-23(15-22-13-14-30-26(22)33)31-27(34)25(32-28(35)36-18-19-7-2-1-3-8-19)16-21-11-6-10-20-9-4-5-12-24(20)21/h1-12,22-23,25H,13-16,18H2,(H,30,33)(H,31,34)(H,32,35)/t22-,23-,25-/m0/s1. The zero-order valence-corrected chi connectivity index (χ0v) is 19.8. The predicted octanol–water partition coefficient (Wildman–Crippen LogP) is 3.21. The van der Waals surface area contributed by atoms with Gasteiger partial charge in [-0.1, -0.05) is 72.8 Å². The molecular formula is C28H28N4O4. The number of alkyl carbamates (subject to hydrolysis) is 1. The molecule has 0 spiro atoms. The van der Waals surface area contributed by atoms with Gasteiger partial charge in [0.15, 0.2) is 0 Å². The summed E-state index contributed by atoms with van der Waals surface area (Å²) in [6, 6.07) is 23.1. The summed E-state index contributed by atoms with van der Waals surface area (Å²) in [6.45, 7) is 0.626. The van der Waals surface area contributed by atoms with Crippen LogP contribution in [0.4, 0.5) is 4.79 Å². The maximum atomic E-state index is 13.3. The normalized spacial score (nSPS) is 16.4. The van der Waals surface area contributed by atoms with Crippen molar-refractivity contribution in [3.63, 3.8) is 0 Å². The Balaban J connectivity index is 1.49. The van der Waals surface area contributed by atoms with Gasteiger partial charge in [-0.25, -0.2) is 4.79 Å². The lowest BCUT2D eigenvalue weighted by Gasteiger charge is -2.22. The van der Waals surface area contributed by atoms with Crippen molar-refractivity contribution in [2.75, 3.05) is 6.54 Å². The number of hydrogen-bond acceptors (Lipinski definition) is 5. The molecule has 8 heteroatoms. The summed E-state index contributed by atoms with van der Waals surface area (Å²) in [6.07, 6.45) is 0.308. The van der Waals surface area contributed by atoms with E-state index < -0.39 is 24.1 Å². The highest BCUT2D eigenvalue weighted by atomic mass is 16.5. The first kappa shape index (κ1) is 24.7. The highest BCUT2D eigenvalue weighted by molar-refractivity contribution is 5.89. The van der Waals surface area contributed by atoms with Gasteiger partial charge in [0.05, 0.1) is 6.07 Å². The van der Waals surface area contributed by atoms with Crippen molar-refractivity contribution < 1.29 is 19.1 Å². The molecule has 0 unspecified atom stereocenters. The molecule has 0 radical (unpaired) electrons. The number of carbonyl (C=O) groups excluding carboxylic acids is 3. The van der Waals surface area contributed by atoms with Crippen molar-refractivity contribution in [1.82, 2.24) is 16.0 Å². The van der Waals surface area contributed by atoms with Gasteiger partial charge in [-0.2, -0.15) is 5.26 Å². The fourth-order valence-corrected chi connectivity index (χ4v) is 4.38. The lowest BCUT2D eigenvalue weighted by molar-refractivity contribution is -0.125. The van der Waals surface area contributed by atoms with E-state index in [-0.39, 0.29) is 31.3 Å². The molecule has 3 N–H and O–H groups in total. The second-order valence-corrected chi connectivity index (χ2v) is 8.80. The number of hydrogen-bond donors (Lipinski definition) is 3. The number of nitriles is 1. The number of fused-ring (bicyclic) bond motifs is 1. The molecule has 184 valence electrons. The Morgan fingerprint density at radius 1 is 1.03 bits per heavy atom. The molecule has 1 aliphatic rings. The van der Waals surface area contributed by atoms with Gasteiger partial charge in [0.1, 0.15) is 18.7 Å². The molecule has 36 heavy (non-hydrogen) atoms. The van der Waals surface area contributed by atoms with Crippen molar-refractivity contribution in [2.24, 2.45) is 5.92 Å². The van der Waals surface area contributed by atoms with Gasteiger partial charge < -0.3 is 20.7 Å². The molecule has 0 aromatic heterocycles. The maximum Gasteiger partial charge on any atom is 0.408 e. The van der Waals surface area contributed by atoms with Crippen LogP contribution in [0.3, 0.4) is 0 Å². The second kappa shape index (κ2) is 11.8. The van der Waals surface area contributed by atoms with Gasteiger partial charge in [-0.15, -0.1) is 0 Å². The van der Waals surface area contributed by atoms with Crippen LogP contribution in [-0.4, -0.2) is 36.5 Å². The highest BCUT2D eigenvalue weighted by Gasteiger charge is 2.30. The third kappa shape index (κ3) is 6.39. The molecule has 0 bridgehead atoms. The molecule has 4 rings (SSSR count). The first-order valence-electron chi connectivity index (χ1n) is 11.9. The molecule has 3 aromatic rings. The quantitative estimate of drug-likeness (QED) is 0.431. The van der Waals surface area contributed by atoms with Crippen LogP contribution in [0, 0.1) is 17.2 Å². The van der Waals surface area contributed by atoms with Crippen LogP contribution in [0.5, 0.6) is 0 Å². The molecule has 1 heterocycles. The van der Waals surface area contributed by atoms with Crippen LogP contribution >= 0.6 is 0 Å². The van der Waals surface area contributed by atoms with Crippen LogP contribution < -0.4 is 16.0 Å². The zero-order chi connectivity index (χ0) is 25.3. The van der Waals surface area contributed by atoms with Crippen molar-refractivity contribution >= 4 is 28.7 Å². The minimum absolute atomic E-state index is 0.0624. The van der Waals surface area contributed by atoms with Gasteiger partial charge in [0.2, 0.25) is 11.8 Å². The van der Waals surface area contributed by atoms with Gasteiger partial charge in [-0.05, 0) is 34.7 Å².